The van der Waals surface area contributed by atoms with Gasteiger partial charge in [-0.25, -0.2) is 4.39 Å². The molecule has 3 unspecified atom stereocenters. The average molecular weight is 349 g/mol. The summed E-state index contributed by atoms with van der Waals surface area (Å²) < 4.78 is 15.3. The van der Waals surface area contributed by atoms with Crippen LogP contribution >= 0.6 is 0 Å². The summed E-state index contributed by atoms with van der Waals surface area (Å²) in [5, 5.41) is 7.05. The van der Waals surface area contributed by atoms with Gasteiger partial charge < -0.3 is 10.6 Å². The van der Waals surface area contributed by atoms with Crippen LogP contribution in [-0.2, 0) is 0 Å². The fourth-order valence-electron chi connectivity index (χ4n) is 5.65. The summed E-state index contributed by atoms with van der Waals surface area (Å²) in [5.41, 5.74) is 1.94. The van der Waals surface area contributed by atoms with Gasteiger partial charge in [0.25, 0.3) is 0 Å². The predicted octanol–water partition coefficient (Wildman–Crippen LogP) is 4.78. The molecule has 4 aliphatic carbocycles. The molecule has 0 saturated heterocycles. The van der Waals surface area contributed by atoms with Gasteiger partial charge >= 0.3 is 0 Å². The Bertz CT molecular complexity index is 492. The summed E-state index contributed by atoms with van der Waals surface area (Å²) in [6, 6.07) is 0.114. The third kappa shape index (κ3) is 4.95. The van der Waals surface area contributed by atoms with E-state index in [1.165, 1.54) is 30.4 Å². The van der Waals surface area contributed by atoms with Gasteiger partial charge in [0.15, 0.2) is 0 Å². The highest BCUT2D eigenvalue weighted by atomic mass is 19.1. The lowest BCUT2D eigenvalue weighted by atomic mass is 9.53. The average Bonchev–Trinajstić information content (AvgIpc) is 2.51. The summed E-state index contributed by atoms with van der Waals surface area (Å²) >= 11 is 0. The molecule has 0 aliphatic heterocycles. The molecule has 4 saturated carbocycles. The first-order valence-electron chi connectivity index (χ1n) is 10.4. The predicted molar refractivity (Wildman–Crippen MR) is 104 cm³/mol. The lowest BCUT2D eigenvalue weighted by molar-refractivity contribution is -0.101. The lowest BCUT2D eigenvalue weighted by Gasteiger charge is -2.57. The Balaban J connectivity index is 1.32. The molecule has 0 spiro atoms. The van der Waals surface area contributed by atoms with Crippen LogP contribution in [-0.4, -0.2) is 31.3 Å². The molecule has 4 rings (SSSR count). The van der Waals surface area contributed by atoms with Gasteiger partial charge in [-0.3, -0.25) is 0 Å². The van der Waals surface area contributed by atoms with Gasteiger partial charge in [-0.05, 0) is 83.5 Å². The van der Waals surface area contributed by atoms with Gasteiger partial charge in [-0.1, -0.05) is 23.3 Å². The first-order chi connectivity index (χ1) is 12.0. The fourth-order valence-corrected chi connectivity index (χ4v) is 5.65. The summed E-state index contributed by atoms with van der Waals surface area (Å²) in [4.78, 5) is 0. The zero-order valence-corrected chi connectivity index (χ0v) is 16.4. The van der Waals surface area contributed by atoms with E-state index in [0.717, 1.165) is 45.3 Å². The molecule has 25 heavy (non-hydrogen) atoms. The molecule has 0 aromatic carbocycles. The van der Waals surface area contributed by atoms with Crippen molar-refractivity contribution in [3.63, 3.8) is 0 Å². The second kappa shape index (κ2) is 8.35. The summed E-state index contributed by atoms with van der Waals surface area (Å²) in [6.45, 7) is 9.23. The number of nitrogens with one attached hydrogen (secondary N) is 2. The van der Waals surface area contributed by atoms with Crippen LogP contribution in [0.3, 0.4) is 0 Å². The molecule has 0 heterocycles. The number of halogens is 1. The number of hydrogen-bond acceptors (Lipinski definition) is 2. The van der Waals surface area contributed by atoms with E-state index in [1.807, 2.05) is 0 Å². The summed E-state index contributed by atoms with van der Waals surface area (Å²) in [5.74, 6) is 1.95. The maximum absolute atomic E-state index is 15.3. The number of alkyl halides is 1. The van der Waals surface area contributed by atoms with Crippen molar-refractivity contribution < 1.29 is 4.39 Å². The van der Waals surface area contributed by atoms with Crippen LogP contribution in [0.5, 0.6) is 0 Å². The Morgan fingerprint density at radius 2 is 1.76 bits per heavy atom. The highest BCUT2D eigenvalue weighted by Crippen LogP contribution is 2.57. The van der Waals surface area contributed by atoms with E-state index in [9.17, 15) is 0 Å². The minimum absolute atomic E-state index is 0.114. The standard InChI is InChI=1S/C22H37FN2/c1-16(2)5-4-6-17(3)7-8-24-9-10-25-21-20-12-18-11-19(13-20)15-22(21,23)14-18/h5,7,18-21,24-25H,4,6,8-15H2,1-3H3/b17-7+/t18-,19+,20?,21?,22?. The van der Waals surface area contributed by atoms with Crippen LogP contribution in [0.4, 0.5) is 4.39 Å². The molecule has 2 nitrogen and oxygen atoms in total. The van der Waals surface area contributed by atoms with Gasteiger partial charge in [0, 0.05) is 25.7 Å². The van der Waals surface area contributed by atoms with Crippen molar-refractivity contribution in [3.8, 4) is 0 Å². The quantitative estimate of drug-likeness (QED) is 0.463. The number of allylic oxidation sites excluding steroid dienone is 3. The zero-order valence-electron chi connectivity index (χ0n) is 16.4. The summed E-state index contributed by atoms with van der Waals surface area (Å²) in [6.07, 6.45) is 12.3. The van der Waals surface area contributed by atoms with Crippen molar-refractivity contribution in [3.05, 3.63) is 23.3 Å². The smallest absolute Gasteiger partial charge is 0.127 e. The van der Waals surface area contributed by atoms with Crippen LogP contribution < -0.4 is 10.6 Å². The van der Waals surface area contributed by atoms with E-state index in [-0.39, 0.29) is 6.04 Å². The van der Waals surface area contributed by atoms with Crippen LogP contribution in [0.1, 0.15) is 65.7 Å². The van der Waals surface area contributed by atoms with Crippen molar-refractivity contribution in [1.82, 2.24) is 10.6 Å². The molecule has 0 aromatic heterocycles. The van der Waals surface area contributed by atoms with E-state index < -0.39 is 5.67 Å². The Morgan fingerprint density at radius 3 is 2.40 bits per heavy atom. The Morgan fingerprint density at radius 1 is 1.04 bits per heavy atom. The van der Waals surface area contributed by atoms with Gasteiger partial charge in [0.2, 0.25) is 0 Å². The molecular weight excluding hydrogens is 311 g/mol. The molecule has 0 radical (unpaired) electrons. The first-order valence-corrected chi connectivity index (χ1v) is 10.4. The molecule has 0 aromatic rings. The SMILES string of the molecule is CC(C)=CCC/C(C)=C/CNCCNC1C2C[C@@H]3C[C@H](C2)CC1(F)C3. The Hall–Kier alpha value is -0.670. The van der Waals surface area contributed by atoms with Gasteiger partial charge in [0.1, 0.15) is 5.67 Å². The Labute approximate surface area is 153 Å². The first kappa shape index (κ1) is 19.1. The minimum atomic E-state index is -0.907. The van der Waals surface area contributed by atoms with Crippen molar-refractivity contribution in [2.45, 2.75) is 77.4 Å². The van der Waals surface area contributed by atoms with E-state index in [0.29, 0.717) is 17.8 Å². The monoisotopic (exact) mass is 348 g/mol. The maximum Gasteiger partial charge on any atom is 0.127 e. The lowest BCUT2D eigenvalue weighted by Crippen LogP contribution is -2.63. The van der Waals surface area contributed by atoms with E-state index in [4.69, 9.17) is 0 Å². The van der Waals surface area contributed by atoms with Crippen molar-refractivity contribution >= 4 is 0 Å². The normalized spacial score (nSPS) is 36.7. The van der Waals surface area contributed by atoms with Crippen LogP contribution in [0.2, 0.25) is 0 Å². The molecule has 142 valence electrons. The van der Waals surface area contributed by atoms with Gasteiger partial charge in [-0.15, -0.1) is 0 Å². The number of rotatable bonds is 9. The van der Waals surface area contributed by atoms with Crippen LogP contribution in [0.15, 0.2) is 23.3 Å². The van der Waals surface area contributed by atoms with Crippen molar-refractivity contribution in [2.75, 3.05) is 19.6 Å². The highest BCUT2D eigenvalue weighted by Gasteiger charge is 2.57. The van der Waals surface area contributed by atoms with E-state index >= 15 is 4.39 Å². The second-order valence-corrected chi connectivity index (χ2v) is 9.15. The molecule has 2 N–H and O–H groups in total. The largest absolute Gasteiger partial charge is 0.312 e. The van der Waals surface area contributed by atoms with Crippen LogP contribution in [0.25, 0.3) is 0 Å². The minimum Gasteiger partial charge on any atom is -0.312 e. The molecule has 4 fully saturated rings. The van der Waals surface area contributed by atoms with Crippen LogP contribution in [0, 0.1) is 17.8 Å². The van der Waals surface area contributed by atoms with Crippen molar-refractivity contribution in [2.24, 2.45) is 17.8 Å². The van der Waals surface area contributed by atoms with Crippen molar-refractivity contribution in [1.29, 1.82) is 0 Å². The van der Waals surface area contributed by atoms with E-state index in [2.05, 4.69) is 43.6 Å². The van der Waals surface area contributed by atoms with Gasteiger partial charge in [-0.2, -0.15) is 0 Å². The summed E-state index contributed by atoms with van der Waals surface area (Å²) in [7, 11) is 0. The fraction of sp³-hybridized carbons (Fsp3) is 0.818. The number of hydrogen-bond donors (Lipinski definition) is 2. The van der Waals surface area contributed by atoms with Gasteiger partial charge in [0.05, 0.1) is 0 Å². The topological polar surface area (TPSA) is 24.1 Å². The molecule has 3 heteroatoms. The highest BCUT2D eigenvalue weighted by molar-refractivity contribution is 5.10. The second-order valence-electron chi connectivity index (χ2n) is 9.15. The molecular formula is C22H37FN2. The molecule has 4 bridgehead atoms. The zero-order chi connectivity index (χ0) is 17.9. The molecule has 4 aliphatic rings. The van der Waals surface area contributed by atoms with E-state index in [1.54, 1.807) is 0 Å². The third-order valence-corrected chi connectivity index (χ3v) is 6.58. The Kier molecular flexibility index (Phi) is 6.38. The third-order valence-electron chi connectivity index (χ3n) is 6.58. The molecule has 0 amide bonds. The maximum atomic E-state index is 15.3. The molecule has 5 atom stereocenters.